The Labute approximate surface area is 193 Å². The molecule has 1 atom stereocenters. The topological polar surface area (TPSA) is 78.5 Å². The predicted molar refractivity (Wildman–Crippen MR) is 129 cm³/mol. The fourth-order valence-corrected chi connectivity index (χ4v) is 3.83. The molecule has 3 aromatic rings. The fourth-order valence-electron chi connectivity index (χ4n) is 3.83. The summed E-state index contributed by atoms with van der Waals surface area (Å²) in [7, 11) is 0. The minimum absolute atomic E-state index is 0.124. The van der Waals surface area contributed by atoms with Crippen molar-refractivity contribution in [2.45, 2.75) is 26.8 Å². The number of rotatable bonds is 6. The van der Waals surface area contributed by atoms with Gasteiger partial charge in [0.2, 0.25) is 11.8 Å². The van der Waals surface area contributed by atoms with Crippen molar-refractivity contribution in [1.82, 2.24) is 5.32 Å². The molecule has 0 radical (unpaired) electrons. The van der Waals surface area contributed by atoms with Gasteiger partial charge in [-0.05, 0) is 49.7 Å². The van der Waals surface area contributed by atoms with Crippen LogP contribution in [0.1, 0.15) is 33.5 Å². The van der Waals surface area contributed by atoms with Gasteiger partial charge in [0, 0.05) is 36.4 Å². The minimum Gasteiger partial charge on any atom is -0.352 e. The molecule has 1 saturated heterocycles. The molecular weight excluding hydrogens is 414 g/mol. The van der Waals surface area contributed by atoms with E-state index in [0.29, 0.717) is 30.0 Å². The lowest BCUT2D eigenvalue weighted by molar-refractivity contribution is -0.126. The summed E-state index contributed by atoms with van der Waals surface area (Å²) >= 11 is 0. The number of nitrogens with one attached hydrogen (secondary N) is 2. The van der Waals surface area contributed by atoms with E-state index in [1.54, 1.807) is 29.2 Å². The van der Waals surface area contributed by atoms with Gasteiger partial charge in [-0.3, -0.25) is 14.4 Å². The lowest BCUT2D eigenvalue weighted by Crippen LogP contribution is -2.32. The van der Waals surface area contributed by atoms with E-state index in [9.17, 15) is 14.4 Å². The zero-order valence-electron chi connectivity index (χ0n) is 18.8. The molecule has 6 heteroatoms. The van der Waals surface area contributed by atoms with Gasteiger partial charge >= 0.3 is 0 Å². The Kier molecular flexibility index (Phi) is 6.54. The van der Waals surface area contributed by atoms with Crippen molar-refractivity contribution in [3.63, 3.8) is 0 Å². The van der Waals surface area contributed by atoms with Crippen LogP contribution in [0.2, 0.25) is 0 Å². The summed E-state index contributed by atoms with van der Waals surface area (Å²) in [6.07, 6.45) is 0.152. The number of nitrogens with zero attached hydrogens (tertiary/aromatic N) is 1. The largest absolute Gasteiger partial charge is 0.352 e. The van der Waals surface area contributed by atoms with Gasteiger partial charge in [0.1, 0.15) is 0 Å². The predicted octanol–water partition coefficient (Wildman–Crippen LogP) is 4.23. The fraction of sp³-hybridized carbons (Fsp3) is 0.222. The Balaban J connectivity index is 1.39. The normalized spacial score (nSPS) is 15.4. The van der Waals surface area contributed by atoms with E-state index >= 15 is 0 Å². The molecule has 2 N–H and O–H groups in total. The zero-order valence-corrected chi connectivity index (χ0v) is 18.8. The summed E-state index contributed by atoms with van der Waals surface area (Å²) in [6.45, 7) is 4.72. The maximum Gasteiger partial charge on any atom is 0.255 e. The molecule has 1 fully saturated rings. The van der Waals surface area contributed by atoms with Gasteiger partial charge in [-0.15, -0.1) is 0 Å². The molecule has 3 aromatic carbocycles. The molecule has 4 rings (SSSR count). The maximum atomic E-state index is 12.7. The van der Waals surface area contributed by atoms with Gasteiger partial charge in [-0.2, -0.15) is 0 Å². The van der Waals surface area contributed by atoms with Crippen molar-refractivity contribution in [3.05, 3.63) is 95.1 Å². The molecule has 0 aromatic heterocycles. The first-order valence-corrected chi connectivity index (χ1v) is 11.0. The van der Waals surface area contributed by atoms with E-state index in [1.807, 2.05) is 62.4 Å². The molecule has 0 bridgehead atoms. The van der Waals surface area contributed by atoms with Gasteiger partial charge in [0.05, 0.1) is 5.92 Å². The molecule has 0 unspecified atom stereocenters. The Morgan fingerprint density at radius 2 is 1.61 bits per heavy atom. The number of carbonyl (C=O) groups excluding carboxylic acids is 3. The van der Waals surface area contributed by atoms with Gasteiger partial charge in [0.15, 0.2) is 0 Å². The van der Waals surface area contributed by atoms with Crippen LogP contribution in [-0.2, 0) is 16.1 Å². The van der Waals surface area contributed by atoms with Gasteiger partial charge in [-0.1, -0.05) is 53.6 Å². The Morgan fingerprint density at radius 1 is 0.939 bits per heavy atom. The van der Waals surface area contributed by atoms with Crippen molar-refractivity contribution in [1.29, 1.82) is 0 Å². The van der Waals surface area contributed by atoms with Crippen LogP contribution in [-0.4, -0.2) is 24.3 Å². The first-order valence-electron chi connectivity index (χ1n) is 11.0. The lowest BCUT2D eigenvalue weighted by atomic mass is 10.1. The second-order valence-corrected chi connectivity index (χ2v) is 8.48. The molecule has 1 aliphatic rings. The summed E-state index contributed by atoms with van der Waals surface area (Å²) in [5.41, 5.74) is 5.07. The molecule has 33 heavy (non-hydrogen) atoms. The highest BCUT2D eigenvalue weighted by Gasteiger charge is 2.35. The van der Waals surface area contributed by atoms with E-state index in [1.165, 1.54) is 0 Å². The molecule has 0 spiro atoms. The SMILES string of the molecule is Cc1ccc(CNC(=O)[C@@H]2CC(=O)N(c3cccc(C(=O)Nc4ccc(C)cc4)c3)C2)cc1. The maximum absolute atomic E-state index is 12.7. The summed E-state index contributed by atoms with van der Waals surface area (Å²) in [5, 5.41) is 5.80. The first-order chi connectivity index (χ1) is 15.9. The number of amides is 3. The minimum atomic E-state index is -0.423. The molecule has 6 nitrogen and oxygen atoms in total. The zero-order chi connectivity index (χ0) is 23.4. The highest BCUT2D eigenvalue weighted by atomic mass is 16.2. The van der Waals surface area contributed by atoms with Crippen LogP contribution in [0.3, 0.4) is 0 Å². The molecule has 1 aliphatic heterocycles. The molecule has 168 valence electrons. The monoisotopic (exact) mass is 441 g/mol. The number of aryl methyl sites for hydroxylation is 2. The highest BCUT2D eigenvalue weighted by Crippen LogP contribution is 2.26. The quantitative estimate of drug-likeness (QED) is 0.601. The third-order valence-electron chi connectivity index (χ3n) is 5.81. The van der Waals surface area contributed by atoms with Crippen molar-refractivity contribution in [3.8, 4) is 0 Å². The van der Waals surface area contributed by atoms with Gasteiger partial charge < -0.3 is 15.5 Å². The van der Waals surface area contributed by atoms with E-state index in [0.717, 1.165) is 16.7 Å². The summed E-state index contributed by atoms with van der Waals surface area (Å²) in [4.78, 5) is 39.6. The number of hydrogen-bond donors (Lipinski definition) is 2. The molecule has 0 aliphatic carbocycles. The van der Waals surface area contributed by atoms with Crippen LogP contribution >= 0.6 is 0 Å². The highest BCUT2D eigenvalue weighted by molar-refractivity contribution is 6.06. The number of anilines is 2. The standard InChI is InChI=1S/C27H27N3O3/c1-18-6-10-20(11-7-18)16-28-26(32)22-15-25(31)30(17-22)24-5-3-4-21(14-24)27(33)29-23-12-8-19(2)9-13-23/h3-14,22H,15-17H2,1-2H3,(H,28,32)(H,29,33)/t22-/m1/s1. The van der Waals surface area contributed by atoms with Crippen LogP contribution < -0.4 is 15.5 Å². The second-order valence-electron chi connectivity index (χ2n) is 8.48. The lowest BCUT2D eigenvalue weighted by Gasteiger charge is -2.18. The average Bonchev–Trinajstić information content (AvgIpc) is 3.22. The van der Waals surface area contributed by atoms with Crippen LogP contribution in [0.15, 0.2) is 72.8 Å². The van der Waals surface area contributed by atoms with Gasteiger partial charge in [-0.25, -0.2) is 0 Å². The molecule has 0 saturated carbocycles. The number of carbonyl (C=O) groups is 3. The van der Waals surface area contributed by atoms with E-state index < -0.39 is 5.92 Å². The van der Waals surface area contributed by atoms with E-state index in [2.05, 4.69) is 10.6 Å². The van der Waals surface area contributed by atoms with Crippen LogP contribution in [0.4, 0.5) is 11.4 Å². The first kappa shape index (κ1) is 22.3. The Bertz CT molecular complexity index is 1170. The smallest absolute Gasteiger partial charge is 0.255 e. The summed E-state index contributed by atoms with van der Waals surface area (Å²) < 4.78 is 0. The van der Waals surface area contributed by atoms with E-state index in [4.69, 9.17) is 0 Å². The van der Waals surface area contributed by atoms with Crippen LogP contribution in [0.25, 0.3) is 0 Å². The Hall–Kier alpha value is -3.93. The summed E-state index contributed by atoms with van der Waals surface area (Å²) in [6, 6.07) is 22.5. The van der Waals surface area contributed by atoms with Crippen molar-refractivity contribution < 1.29 is 14.4 Å². The third kappa shape index (κ3) is 5.47. The van der Waals surface area contributed by atoms with Crippen molar-refractivity contribution >= 4 is 29.1 Å². The van der Waals surface area contributed by atoms with Crippen molar-refractivity contribution in [2.24, 2.45) is 5.92 Å². The molecule has 1 heterocycles. The van der Waals surface area contributed by atoms with Crippen LogP contribution in [0.5, 0.6) is 0 Å². The number of benzene rings is 3. The third-order valence-corrected chi connectivity index (χ3v) is 5.81. The average molecular weight is 442 g/mol. The van der Waals surface area contributed by atoms with Crippen LogP contribution in [0, 0.1) is 19.8 Å². The molecule has 3 amide bonds. The van der Waals surface area contributed by atoms with Gasteiger partial charge in [0.25, 0.3) is 5.91 Å². The number of hydrogen-bond acceptors (Lipinski definition) is 3. The molecular formula is C27H27N3O3. The van der Waals surface area contributed by atoms with Crippen molar-refractivity contribution in [2.75, 3.05) is 16.8 Å². The summed E-state index contributed by atoms with van der Waals surface area (Å²) in [5.74, 6) is -0.936. The Morgan fingerprint density at radius 3 is 2.30 bits per heavy atom. The van der Waals surface area contributed by atoms with E-state index in [-0.39, 0.29) is 24.1 Å². The second kappa shape index (κ2) is 9.69.